The van der Waals surface area contributed by atoms with Gasteiger partial charge in [0.25, 0.3) is 5.91 Å². The Morgan fingerprint density at radius 2 is 1.72 bits per heavy atom. The second-order valence-corrected chi connectivity index (χ2v) is 8.87. The second-order valence-electron chi connectivity index (χ2n) is 8.44. The van der Waals surface area contributed by atoms with Gasteiger partial charge in [-0.3, -0.25) is 4.79 Å². The number of hydrogen-bond acceptors (Lipinski definition) is 5. The van der Waals surface area contributed by atoms with Crippen LogP contribution in [0.2, 0.25) is 5.02 Å². The quantitative estimate of drug-likeness (QED) is 0.105. The number of H-pyrrole nitrogens is 1. The molecule has 5 rings (SSSR count). The molecule has 0 bridgehead atoms. The predicted molar refractivity (Wildman–Crippen MR) is 148 cm³/mol. The number of methoxy groups -OCH3 is 1. The Morgan fingerprint density at radius 1 is 0.949 bits per heavy atom. The molecule has 0 unspecified atom stereocenters. The molecule has 0 fully saturated rings. The molecule has 39 heavy (non-hydrogen) atoms. The number of hydrazone groups is 1. The Balaban J connectivity index is 1.34. The van der Waals surface area contributed by atoms with Crippen molar-refractivity contribution in [2.24, 2.45) is 5.10 Å². The van der Waals surface area contributed by atoms with Crippen LogP contribution in [0.4, 0.5) is 4.39 Å². The van der Waals surface area contributed by atoms with Crippen LogP contribution >= 0.6 is 11.6 Å². The molecule has 0 aliphatic carbocycles. The lowest BCUT2D eigenvalue weighted by Crippen LogP contribution is -2.18. The van der Waals surface area contributed by atoms with E-state index < -0.39 is 17.7 Å². The number of ether oxygens (including phenoxy) is 2. The van der Waals surface area contributed by atoms with Gasteiger partial charge in [0.1, 0.15) is 11.5 Å². The minimum atomic E-state index is -0.564. The molecule has 4 aromatic carbocycles. The van der Waals surface area contributed by atoms with Crippen LogP contribution in [0.25, 0.3) is 22.0 Å². The minimum Gasteiger partial charge on any atom is -0.493 e. The average molecular weight is 542 g/mol. The van der Waals surface area contributed by atoms with E-state index in [0.717, 1.165) is 5.56 Å². The number of carbonyl (C=O) groups is 2. The molecule has 0 aliphatic rings. The summed E-state index contributed by atoms with van der Waals surface area (Å²) in [6.07, 6.45) is 1.43. The first-order valence-corrected chi connectivity index (χ1v) is 12.2. The van der Waals surface area contributed by atoms with Crippen LogP contribution in [0.3, 0.4) is 0 Å². The van der Waals surface area contributed by atoms with Gasteiger partial charge in [-0.15, -0.1) is 0 Å². The lowest BCUT2D eigenvalue weighted by molar-refractivity contribution is 0.0729. The topological polar surface area (TPSA) is 92.8 Å². The number of nitrogens with zero attached hydrogens (tertiary/aromatic N) is 1. The van der Waals surface area contributed by atoms with Crippen LogP contribution in [0, 0.1) is 5.82 Å². The molecule has 5 aromatic rings. The summed E-state index contributed by atoms with van der Waals surface area (Å²) >= 11 is 5.87. The van der Waals surface area contributed by atoms with Crippen molar-refractivity contribution in [3.63, 3.8) is 0 Å². The van der Waals surface area contributed by atoms with E-state index in [-0.39, 0.29) is 11.4 Å². The number of amides is 1. The molecule has 0 saturated carbocycles. The van der Waals surface area contributed by atoms with Gasteiger partial charge in [-0.1, -0.05) is 41.9 Å². The average Bonchev–Trinajstić information content (AvgIpc) is 3.33. The Kier molecular flexibility index (Phi) is 7.38. The molecular formula is C30H21ClFN3O4. The molecule has 9 heteroatoms. The van der Waals surface area contributed by atoms with E-state index in [1.165, 1.54) is 25.5 Å². The van der Waals surface area contributed by atoms with E-state index in [2.05, 4.69) is 15.5 Å². The molecule has 0 saturated heterocycles. The van der Waals surface area contributed by atoms with E-state index >= 15 is 0 Å². The van der Waals surface area contributed by atoms with Gasteiger partial charge in [-0.2, -0.15) is 5.10 Å². The largest absolute Gasteiger partial charge is 0.493 e. The van der Waals surface area contributed by atoms with Crippen molar-refractivity contribution in [3.8, 4) is 22.6 Å². The molecule has 0 spiro atoms. The third-order valence-corrected chi connectivity index (χ3v) is 6.15. The first-order chi connectivity index (χ1) is 18.9. The highest BCUT2D eigenvalue weighted by Gasteiger charge is 2.19. The predicted octanol–water partition coefficient (Wildman–Crippen LogP) is 6.62. The van der Waals surface area contributed by atoms with Crippen LogP contribution in [-0.2, 0) is 0 Å². The lowest BCUT2D eigenvalue weighted by Gasteiger charge is -2.10. The Labute approximate surface area is 227 Å². The number of aromatic amines is 1. The Morgan fingerprint density at radius 3 is 2.46 bits per heavy atom. The summed E-state index contributed by atoms with van der Waals surface area (Å²) in [5.74, 6) is -0.943. The van der Waals surface area contributed by atoms with Crippen molar-refractivity contribution in [2.45, 2.75) is 0 Å². The minimum absolute atomic E-state index is 0.219. The molecule has 1 aromatic heterocycles. The van der Waals surface area contributed by atoms with E-state index in [1.54, 1.807) is 48.5 Å². The number of halogens is 2. The number of aromatic nitrogens is 1. The highest BCUT2D eigenvalue weighted by atomic mass is 35.5. The summed E-state index contributed by atoms with van der Waals surface area (Å²) in [7, 11) is 1.45. The van der Waals surface area contributed by atoms with Gasteiger partial charge in [0.05, 0.1) is 18.9 Å². The second kappa shape index (κ2) is 11.2. The first kappa shape index (κ1) is 25.7. The number of hydrogen-bond donors (Lipinski definition) is 2. The number of benzene rings is 4. The van der Waals surface area contributed by atoms with E-state index in [4.69, 9.17) is 21.1 Å². The third-order valence-electron chi connectivity index (χ3n) is 5.90. The maximum Gasteiger partial charge on any atom is 0.343 e. The first-order valence-electron chi connectivity index (χ1n) is 11.8. The summed E-state index contributed by atoms with van der Waals surface area (Å²) in [6.45, 7) is 0. The smallest absolute Gasteiger partial charge is 0.343 e. The molecule has 194 valence electrons. The summed E-state index contributed by atoms with van der Waals surface area (Å²) in [5.41, 5.74) is 5.64. The van der Waals surface area contributed by atoms with Crippen LogP contribution < -0.4 is 14.9 Å². The van der Waals surface area contributed by atoms with E-state index in [9.17, 15) is 14.0 Å². The zero-order valence-electron chi connectivity index (χ0n) is 20.6. The summed E-state index contributed by atoms with van der Waals surface area (Å²) in [4.78, 5) is 28.6. The maximum absolute atomic E-state index is 14.0. The molecule has 0 atom stereocenters. The van der Waals surface area contributed by atoms with Crippen molar-refractivity contribution in [3.05, 3.63) is 119 Å². The molecule has 0 radical (unpaired) electrons. The summed E-state index contributed by atoms with van der Waals surface area (Å²) in [6, 6.07) is 24.7. The van der Waals surface area contributed by atoms with Gasteiger partial charge < -0.3 is 14.5 Å². The Bertz CT molecular complexity index is 1700. The molecule has 1 heterocycles. The van der Waals surface area contributed by atoms with Gasteiger partial charge in [0.15, 0.2) is 11.5 Å². The van der Waals surface area contributed by atoms with Gasteiger partial charge in [-0.05, 0) is 71.8 Å². The highest BCUT2D eigenvalue weighted by molar-refractivity contribution is 6.30. The van der Waals surface area contributed by atoms with Crippen LogP contribution in [0.15, 0.2) is 96.1 Å². The molecule has 1 amide bonds. The molecule has 2 N–H and O–H groups in total. The number of rotatable bonds is 7. The normalized spacial score (nSPS) is 11.1. The summed E-state index contributed by atoms with van der Waals surface area (Å²) < 4.78 is 24.8. The van der Waals surface area contributed by atoms with Gasteiger partial charge >= 0.3 is 5.97 Å². The molecule has 7 nitrogen and oxygen atoms in total. The zero-order valence-corrected chi connectivity index (χ0v) is 21.3. The van der Waals surface area contributed by atoms with Crippen LogP contribution in [0.1, 0.15) is 26.4 Å². The summed E-state index contributed by atoms with van der Waals surface area (Å²) in [5, 5.41) is 5.16. The van der Waals surface area contributed by atoms with Crippen molar-refractivity contribution >= 4 is 40.6 Å². The number of fused-ring (bicyclic) bond motifs is 1. The Hall–Kier alpha value is -4.95. The number of esters is 1. The fourth-order valence-corrected chi connectivity index (χ4v) is 4.18. The fraction of sp³-hybridized carbons (Fsp3) is 0.0333. The van der Waals surface area contributed by atoms with Crippen molar-refractivity contribution in [2.75, 3.05) is 7.11 Å². The van der Waals surface area contributed by atoms with Gasteiger partial charge in [0.2, 0.25) is 0 Å². The van der Waals surface area contributed by atoms with Crippen LogP contribution in [0.5, 0.6) is 11.5 Å². The monoisotopic (exact) mass is 541 g/mol. The molecule has 0 aliphatic heterocycles. The van der Waals surface area contributed by atoms with E-state index in [0.29, 0.717) is 38.4 Å². The van der Waals surface area contributed by atoms with Crippen molar-refractivity contribution < 1.29 is 23.5 Å². The van der Waals surface area contributed by atoms with E-state index in [1.807, 2.05) is 30.3 Å². The van der Waals surface area contributed by atoms with Crippen molar-refractivity contribution in [1.82, 2.24) is 10.4 Å². The number of nitrogens with one attached hydrogen (secondary N) is 2. The zero-order chi connectivity index (χ0) is 27.4. The number of carbonyl (C=O) groups excluding carboxylic acids is 2. The lowest BCUT2D eigenvalue weighted by atomic mass is 10.0. The SMILES string of the molecule is COc1cc(C=NNC(=O)c2[nH]c3ccc(F)cc3c2-c2ccccc2)ccc1OC(=O)c1ccc(Cl)cc1. The molecular weight excluding hydrogens is 521 g/mol. The third kappa shape index (κ3) is 5.66. The van der Waals surface area contributed by atoms with Crippen LogP contribution in [-0.4, -0.2) is 30.2 Å². The van der Waals surface area contributed by atoms with Gasteiger partial charge in [-0.25, -0.2) is 14.6 Å². The van der Waals surface area contributed by atoms with Gasteiger partial charge in [0, 0.05) is 21.5 Å². The standard InChI is InChI=1S/C30H21ClFN3O4/c1-38-26-15-18(7-14-25(26)39-30(37)20-8-10-21(31)11-9-20)17-33-35-29(36)28-27(19-5-3-2-4-6-19)23-16-22(32)12-13-24(23)34-28/h2-17,34H,1H3,(H,35,36). The van der Waals surface area contributed by atoms with Crippen molar-refractivity contribution in [1.29, 1.82) is 0 Å². The maximum atomic E-state index is 14.0. The fourth-order valence-electron chi connectivity index (χ4n) is 4.05. The highest BCUT2D eigenvalue weighted by Crippen LogP contribution is 2.33.